The highest BCUT2D eigenvalue weighted by Gasteiger charge is 2.29. The lowest BCUT2D eigenvalue weighted by Crippen LogP contribution is -2.36. The molecule has 1 aliphatic rings. The number of hydrogen-bond donors (Lipinski definition) is 2. The number of hydrogen-bond acceptors (Lipinski definition) is 7. The molecule has 1 aromatic carbocycles. The number of aromatic nitrogens is 2. The monoisotopic (exact) mass is 390 g/mol. The van der Waals surface area contributed by atoms with Crippen LogP contribution in [0, 0.1) is 0 Å². The lowest BCUT2D eigenvalue weighted by Gasteiger charge is -2.10. The Bertz CT molecular complexity index is 900. The van der Waals surface area contributed by atoms with E-state index in [1.54, 1.807) is 19.2 Å². The Morgan fingerprint density at radius 2 is 2.11 bits per heavy atom. The Morgan fingerprint density at radius 3 is 2.78 bits per heavy atom. The van der Waals surface area contributed by atoms with Gasteiger partial charge in [-0.25, -0.2) is 8.42 Å². The summed E-state index contributed by atoms with van der Waals surface area (Å²) in [5.74, 6) is 1.07. The molecular weight excluding hydrogens is 368 g/mol. The summed E-state index contributed by atoms with van der Waals surface area (Å²) < 4.78 is 28.1. The van der Waals surface area contributed by atoms with Gasteiger partial charge in [0.25, 0.3) is 5.91 Å². The van der Waals surface area contributed by atoms with Gasteiger partial charge in [0, 0.05) is 12.6 Å². The Labute approximate surface area is 158 Å². The first-order valence-corrected chi connectivity index (χ1v) is 10.5. The highest BCUT2D eigenvalue weighted by atomic mass is 32.2. The van der Waals surface area contributed by atoms with Crippen LogP contribution in [0.1, 0.15) is 22.5 Å². The van der Waals surface area contributed by atoms with Crippen LogP contribution in [0.2, 0.25) is 0 Å². The number of nitrogens with one attached hydrogen (secondary N) is 2. The van der Waals surface area contributed by atoms with Crippen LogP contribution in [0.4, 0.5) is 5.82 Å². The fourth-order valence-electron chi connectivity index (χ4n) is 2.88. The van der Waals surface area contributed by atoms with E-state index in [1.165, 1.54) is 0 Å². The molecule has 9 heteroatoms. The van der Waals surface area contributed by atoms with Gasteiger partial charge in [0.1, 0.15) is 11.6 Å². The van der Waals surface area contributed by atoms with Gasteiger partial charge < -0.3 is 15.4 Å². The van der Waals surface area contributed by atoms with Gasteiger partial charge in [0.05, 0.1) is 18.6 Å². The maximum atomic E-state index is 12.1. The van der Waals surface area contributed by atoms with Gasteiger partial charge in [-0.1, -0.05) is 12.1 Å². The maximum Gasteiger partial charge on any atom is 0.272 e. The van der Waals surface area contributed by atoms with Gasteiger partial charge in [0.15, 0.2) is 15.5 Å². The number of nitrogens with zero attached hydrogens (tertiary/aromatic N) is 2. The molecule has 1 unspecified atom stereocenters. The van der Waals surface area contributed by atoms with Crippen LogP contribution in [0.3, 0.4) is 0 Å². The normalized spacial score (nSPS) is 18.0. The number of amides is 1. The van der Waals surface area contributed by atoms with E-state index in [0.717, 1.165) is 17.7 Å². The summed E-state index contributed by atoms with van der Waals surface area (Å²) in [4.78, 5) is 12.1. The fourth-order valence-corrected chi connectivity index (χ4v) is 4.55. The smallest absolute Gasteiger partial charge is 0.272 e. The first-order valence-electron chi connectivity index (χ1n) is 8.67. The van der Waals surface area contributed by atoms with Gasteiger partial charge in [-0.3, -0.25) is 4.79 Å². The summed E-state index contributed by atoms with van der Waals surface area (Å²) in [6.07, 6.45) is 1.22. The summed E-state index contributed by atoms with van der Waals surface area (Å²) in [6, 6.07) is 10.7. The highest BCUT2D eigenvalue weighted by molar-refractivity contribution is 7.91. The summed E-state index contributed by atoms with van der Waals surface area (Å²) in [5, 5.41) is 13.8. The first-order chi connectivity index (χ1) is 12.9. The van der Waals surface area contributed by atoms with Crippen molar-refractivity contribution in [2.45, 2.75) is 18.9 Å². The number of rotatable bonds is 7. The average Bonchev–Trinajstić information content (AvgIpc) is 3.00. The van der Waals surface area contributed by atoms with Gasteiger partial charge in [-0.05, 0) is 42.7 Å². The predicted molar refractivity (Wildman–Crippen MR) is 102 cm³/mol. The molecule has 1 amide bonds. The fraction of sp³-hybridized carbons (Fsp3) is 0.389. The van der Waals surface area contributed by atoms with Crippen molar-refractivity contribution in [2.24, 2.45) is 0 Å². The summed E-state index contributed by atoms with van der Waals surface area (Å²) in [7, 11) is -1.40. The van der Waals surface area contributed by atoms with Crippen LogP contribution in [-0.2, 0) is 16.3 Å². The summed E-state index contributed by atoms with van der Waals surface area (Å²) >= 11 is 0. The minimum atomic E-state index is -3.04. The standard InChI is InChI=1S/C18H22N4O4S/c1-26-15-4-2-3-13(11-15)7-9-19-17-6-5-16(21-22-17)18(23)20-14-8-10-27(24,25)12-14/h2-6,11,14H,7-10,12H2,1H3,(H,19,22)(H,20,23). The number of ether oxygens (including phenoxy) is 1. The van der Waals surface area contributed by atoms with E-state index < -0.39 is 15.7 Å². The SMILES string of the molecule is COc1cccc(CCNc2ccc(C(=O)NC3CCS(=O)(=O)C3)nn2)c1. The molecule has 1 fully saturated rings. The van der Waals surface area contributed by atoms with E-state index in [2.05, 4.69) is 20.8 Å². The molecule has 0 saturated carbocycles. The molecule has 0 radical (unpaired) electrons. The molecular formula is C18H22N4O4S. The van der Waals surface area contributed by atoms with Crippen molar-refractivity contribution in [2.75, 3.05) is 30.5 Å². The number of anilines is 1. The third kappa shape index (κ3) is 5.40. The van der Waals surface area contributed by atoms with Crippen molar-refractivity contribution >= 4 is 21.6 Å². The van der Waals surface area contributed by atoms with Crippen molar-refractivity contribution in [3.8, 4) is 5.75 Å². The third-order valence-electron chi connectivity index (χ3n) is 4.32. The Hall–Kier alpha value is -2.68. The highest BCUT2D eigenvalue weighted by Crippen LogP contribution is 2.14. The van der Waals surface area contributed by atoms with Gasteiger partial charge in [0.2, 0.25) is 0 Å². The minimum absolute atomic E-state index is 0.0178. The molecule has 2 heterocycles. The number of methoxy groups -OCH3 is 1. The minimum Gasteiger partial charge on any atom is -0.497 e. The summed E-state index contributed by atoms with van der Waals surface area (Å²) in [6.45, 7) is 0.660. The second kappa shape index (κ2) is 8.34. The van der Waals surface area contributed by atoms with Crippen molar-refractivity contribution in [1.82, 2.24) is 15.5 Å². The number of benzene rings is 1. The Kier molecular flexibility index (Phi) is 5.90. The van der Waals surface area contributed by atoms with E-state index in [4.69, 9.17) is 4.74 Å². The average molecular weight is 390 g/mol. The molecule has 0 bridgehead atoms. The zero-order chi connectivity index (χ0) is 19.3. The third-order valence-corrected chi connectivity index (χ3v) is 6.09. The van der Waals surface area contributed by atoms with Crippen LogP contribution < -0.4 is 15.4 Å². The predicted octanol–water partition coefficient (Wildman–Crippen LogP) is 1.06. The van der Waals surface area contributed by atoms with Crippen LogP contribution in [0.5, 0.6) is 5.75 Å². The zero-order valence-electron chi connectivity index (χ0n) is 15.0. The lowest BCUT2D eigenvalue weighted by atomic mass is 10.1. The molecule has 8 nitrogen and oxygen atoms in total. The second-order valence-corrected chi connectivity index (χ2v) is 8.63. The first kappa shape index (κ1) is 19.1. The molecule has 144 valence electrons. The number of carbonyl (C=O) groups is 1. The zero-order valence-corrected chi connectivity index (χ0v) is 15.8. The molecule has 0 aliphatic carbocycles. The van der Waals surface area contributed by atoms with E-state index in [9.17, 15) is 13.2 Å². The molecule has 2 aromatic rings. The van der Waals surface area contributed by atoms with Crippen molar-refractivity contribution in [3.05, 3.63) is 47.7 Å². The number of carbonyl (C=O) groups excluding carboxylic acids is 1. The Morgan fingerprint density at radius 1 is 1.26 bits per heavy atom. The van der Waals surface area contributed by atoms with Gasteiger partial charge >= 0.3 is 0 Å². The molecule has 1 aliphatic heterocycles. The quantitative estimate of drug-likeness (QED) is 0.727. The molecule has 1 saturated heterocycles. The van der Waals surface area contributed by atoms with Crippen LogP contribution in [0.25, 0.3) is 0 Å². The Balaban J connectivity index is 1.49. The molecule has 3 rings (SSSR count). The largest absolute Gasteiger partial charge is 0.497 e. The van der Waals surface area contributed by atoms with Crippen LogP contribution in [-0.4, -0.2) is 55.7 Å². The van der Waals surface area contributed by atoms with E-state index in [1.807, 2.05) is 24.3 Å². The van der Waals surface area contributed by atoms with E-state index in [0.29, 0.717) is 18.8 Å². The topological polar surface area (TPSA) is 110 Å². The number of sulfone groups is 1. The van der Waals surface area contributed by atoms with E-state index in [-0.39, 0.29) is 23.2 Å². The lowest BCUT2D eigenvalue weighted by molar-refractivity contribution is 0.0935. The van der Waals surface area contributed by atoms with Crippen LogP contribution in [0.15, 0.2) is 36.4 Å². The molecule has 27 heavy (non-hydrogen) atoms. The molecule has 1 aromatic heterocycles. The second-order valence-electron chi connectivity index (χ2n) is 6.41. The van der Waals surface area contributed by atoms with Crippen molar-refractivity contribution in [1.29, 1.82) is 0 Å². The molecule has 0 spiro atoms. The van der Waals surface area contributed by atoms with Crippen molar-refractivity contribution < 1.29 is 17.9 Å². The maximum absolute atomic E-state index is 12.1. The van der Waals surface area contributed by atoms with Gasteiger partial charge in [-0.15, -0.1) is 10.2 Å². The van der Waals surface area contributed by atoms with Gasteiger partial charge in [-0.2, -0.15) is 0 Å². The van der Waals surface area contributed by atoms with Crippen molar-refractivity contribution in [3.63, 3.8) is 0 Å². The molecule has 2 N–H and O–H groups in total. The molecule has 1 atom stereocenters. The van der Waals surface area contributed by atoms with E-state index >= 15 is 0 Å². The van der Waals surface area contributed by atoms with Crippen LogP contribution >= 0.6 is 0 Å². The summed E-state index contributed by atoms with van der Waals surface area (Å²) in [5.41, 5.74) is 1.30.